The Kier molecular flexibility index (Phi) is 4.08. The Morgan fingerprint density at radius 2 is 2.00 bits per heavy atom. The molecule has 0 bridgehead atoms. The molecule has 2 aromatic rings. The molecule has 104 valence electrons. The molecule has 1 aliphatic heterocycles. The van der Waals surface area contributed by atoms with Crippen LogP contribution in [-0.2, 0) is 13.0 Å². The largest absolute Gasteiger partial charge is 0.488 e. The first kappa shape index (κ1) is 13.7. The summed E-state index contributed by atoms with van der Waals surface area (Å²) in [6, 6.07) is 14.9. The van der Waals surface area contributed by atoms with E-state index < -0.39 is 0 Å². The van der Waals surface area contributed by atoms with Gasteiger partial charge in [-0.05, 0) is 36.2 Å². The Bertz CT molecular complexity index is 594. The summed E-state index contributed by atoms with van der Waals surface area (Å²) in [6.07, 6.45) is 1.22. The SMILES string of the molecule is Cc1ccc(CNCC2Cc3cc(Br)ccc3O2)cc1. The van der Waals surface area contributed by atoms with Gasteiger partial charge in [0.05, 0.1) is 0 Å². The number of benzene rings is 2. The fourth-order valence-electron chi connectivity index (χ4n) is 2.49. The van der Waals surface area contributed by atoms with Crippen molar-refractivity contribution < 1.29 is 4.74 Å². The second-order valence-electron chi connectivity index (χ2n) is 5.31. The summed E-state index contributed by atoms with van der Waals surface area (Å²) in [5.74, 6) is 1.02. The van der Waals surface area contributed by atoms with Crippen LogP contribution in [-0.4, -0.2) is 12.6 Å². The van der Waals surface area contributed by atoms with Gasteiger partial charge >= 0.3 is 0 Å². The second kappa shape index (κ2) is 5.98. The maximum absolute atomic E-state index is 5.94. The van der Waals surface area contributed by atoms with Crippen molar-refractivity contribution in [2.45, 2.75) is 26.0 Å². The fourth-order valence-corrected chi connectivity index (χ4v) is 2.89. The average molecular weight is 332 g/mol. The Hall–Kier alpha value is -1.32. The summed E-state index contributed by atoms with van der Waals surface area (Å²) < 4.78 is 7.05. The number of nitrogens with one attached hydrogen (secondary N) is 1. The predicted octanol–water partition coefficient (Wildman–Crippen LogP) is 3.85. The summed E-state index contributed by atoms with van der Waals surface area (Å²) in [4.78, 5) is 0. The third kappa shape index (κ3) is 3.22. The molecule has 0 saturated heterocycles. The molecule has 1 unspecified atom stereocenters. The lowest BCUT2D eigenvalue weighted by atomic mass is 10.1. The molecule has 0 radical (unpaired) electrons. The van der Waals surface area contributed by atoms with Crippen LogP contribution in [0.15, 0.2) is 46.9 Å². The van der Waals surface area contributed by atoms with Crippen LogP contribution in [0, 0.1) is 6.92 Å². The molecule has 0 amide bonds. The number of halogens is 1. The second-order valence-corrected chi connectivity index (χ2v) is 6.23. The quantitative estimate of drug-likeness (QED) is 0.918. The Morgan fingerprint density at radius 1 is 1.20 bits per heavy atom. The van der Waals surface area contributed by atoms with Crippen molar-refractivity contribution in [2.75, 3.05) is 6.54 Å². The van der Waals surface area contributed by atoms with E-state index in [0.717, 1.165) is 29.7 Å². The van der Waals surface area contributed by atoms with Gasteiger partial charge in [0.15, 0.2) is 0 Å². The summed E-state index contributed by atoms with van der Waals surface area (Å²) in [6.45, 7) is 3.87. The van der Waals surface area contributed by atoms with Gasteiger partial charge in [-0.25, -0.2) is 0 Å². The number of aryl methyl sites for hydroxylation is 1. The first-order chi connectivity index (χ1) is 9.70. The third-order valence-electron chi connectivity index (χ3n) is 3.59. The minimum atomic E-state index is 0.241. The summed E-state index contributed by atoms with van der Waals surface area (Å²) >= 11 is 3.50. The van der Waals surface area contributed by atoms with Crippen molar-refractivity contribution in [3.63, 3.8) is 0 Å². The van der Waals surface area contributed by atoms with Crippen molar-refractivity contribution in [1.82, 2.24) is 5.32 Å². The van der Waals surface area contributed by atoms with E-state index in [1.165, 1.54) is 16.7 Å². The van der Waals surface area contributed by atoms with E-state index in [4.69, 9.17) is 4.74 Å². The van der Waals surface area contributed by atoms with Crippen molar-refractivity contribution in [3.8, 4) is 5.75 Å². The van der Waals surface area contributed by atoms with Gasteiger partial charge in [0, 0.05) is 24.0 Å². The molecular formula is C17H18BrNO. The zero-order valence-electron chi connectivity index (χ0n) is 11.5. The van der Waals surface area contributed by atoms with Crippen LogP contribution in [0.4, 0.5) is 0 Å². The molecule has 0 spiro atoms. The maximum Gasteiger partial charge on any atom is 0.123 e. The van der Waals surface area contributed by atoms with E-state index >= 15 is 0 Å². The number of hydrogen-bond donors (Lipinski definition) is 1. The van der Waals surface area contributed by atoms with Gasteiger partial charge in [0.1, 0.15) is 11.9 Å². The topological polar surface area (TPSA) is 21.3 Å². The highest BCUT2D eigenvalue weighted by Crippen LogP contribution is 2.30. The molecule has 1 aliphatic rings. The van der Waals surface area contributed by atoms with Crippen LogP contribution < -0.4 is 10.1 Å². The summed E-state index contributed by atoms with van der Waals surface area (Å²) in [5, 5.41) is 3.48. The molecule has 20 heavy (non-hydrogen) atoms. The molecule has 2 aromatic carbocycles. The van der Waals surface area contributed by atoms with Gasteiger partial charge in [-0.1, -0.05) is 45.8 Å². The van der Waals surface area contributed by atoms with Crippen LogP contribution >= 0.6 is 15.9 Å². The molecule has 0 aromatic heterocycles. The van der Waals surface area contributed by atoms with Crippen molar-refractivity contribution in [2.24, 2.45) is 0 Å². The Labute approximate surface area is 128 Å². The molecule has 1 N–H and O–H groups in total. The predicted molar refractivity (Wildman–Crippen MR) is 85.1 cm³/mol. The molecule has 0 aliphatic carbocycles. The Morgan fingerprint density at radius 3 is 2.80 bits per heavy atom. The van der Waals surface area contributed by atoms with Gasteiger partial charge in [0.2, 0.25) is 0 Å². The highest BCUT2D eigenvalue weighted by molar-refractivity contribution is 9.10. The molecule has 0 saturated carbocycles. The molecule has 3 heteroatoms. The zero-order valence-corrected chi connectivity index (χ0v) is 13.1. The minimum absolute atomic E-state index is 0.241. The Balaban J connectivity index is 1.50. The molecule has 3 rings (SSSR count). The van der Waals surface area contributed by atoms with Gasteiger partial charge in [-0.15, -0.1) is 0 Å². The summed E-state index contributed by atoms with van der Waals surface area (Å²) in [5.41, 5.74) is 3.91. The van der Waals surface area contributed by atoms with E-state index in [1.807, 2.05) is 12.1 Å². The maximum atomic E-state index is 5.94. The highest BCUT2D eigenvalue weighted by atomic mass is 79.9. The van der Waals surface area contributed by atoms with Crippen molar-refractivity contribution in [3.05, 3.63) is 63.6 Å². The molecule has 0 fully saturated rings. The average Bonchev–Trinajstić information content (AvgIpc) is 2.83. The lowest BCUT2D eigenvalue weighted by Crippen LogP contribution is -2.29. The summed E-state index contributed by atoms with van der Waals surface area (Å²) in [7, 11) is 0. The van der Waals surface area contributed by atoms with Gasteiger partial charge < -0.3 is 10.1 Å². The van der Waals surface area contributed by atoms with E-state index in [2.05, 4.69) is 58.5 Å². The monoisotopic (exact) mass is 331 g/mol. The third-order valence-corrected chi connectivity index (χ3v) is 4.08. The van der Waals surface area contributed by atoms with Crippen molar-refractivity contribution >= 4 is 15.9 Å². The van der Waals surface area contributed by atoms with Crippen LogP contribution in [0.2, 0.25) is 0 Å². The first-order valence-corrected chi connectivity index (χ1v) is 7.71. The highest BCUT2D eigenvalue weighted by Gasteiger charge is 2.22. The molecule has 1 heterocycles. The lowest BCUT2D eigenvalue weighted by molar-refractivity contribution is 0.227. The van der Waals surface area contributed by atoms with Crippen LogP contribution in [0.3, 0.4) is 0 Å². The standard InChI is InChI=1S/C17H18BrNO/c1-12-2-4-13(5-3-12)10-19-11-16-9-14-8-15(18)6-7-17(14)20-16/h2-8,16,19H,9-11H2,1H3. The van der Waals surface area contributed by atoms with Crippen LogP contribution in [0.1, 0.15) is 16.7 Å². The van der Waals surface area contributed by atoms with E-state index in [0.29, 0.717) is 0 Å². The number of fused-ring (bicyclic) bond motifs is 1. The van der Waals surface area contributed by atoms with Crippen molar-refractivity contribution in [1.29, 1.82) is 0 Å². The van der Waals surface area contributed by atoms with Crippen LogP contribution in [0.5, 0.6) is 5.75 Å². The normalized spacial score (nSPS) is 16.8. The van der Waals surface area contributed by atoms with E-state index in [-0.39, 0.29) is 6.10 Å². The van der Waals surface area contributed by atoms with E-state index in [1.54, 1.807) is 0 Å². The lowest BCUT2D eigenvalue weighted by Gasteiger charge is -2.12. The number of ether oxygens (including phenoxy) is 1. The molecule has 1 atom stereocenters. The van der Waals surface area contributed by atoms with Gasteiger partial charge in [-0.3, -0.25) is 0 Å². The number of rotatable bonds is 4. The smallest absolute Gasteiger partial charge is 0.123 e. The first-order valence-electron chi connectivity index (χ1n) is 6.92. The minimum Gasteiger partial charge on any atom is -0.488 e. The molecule has 2 nitrogen and oxygen atoms in total. The van der Waals surface area contributed by atoms with E-state index in [9.17, 15) is 0 Å². The van der Waals surface area contributed by atoms with Gasteiger partial charge in [-0.2, -0.15) is 0 Å². The zero-order chi connectivity index (χ0) is 13.9. The fraction of sp³-hybridized carbons (Fsp3) is 0.294. The van der Waals surface area contributed by atoms with Gasteiger partial charge in [0.25, 0.3) is 0 Å². The number of hydrogen-bond acceptors (Lipinski definition) is 2. The molecular weight excluding hydrogens is 314 g/mol. The van der Waals surface area contributed by atoms with Crippen LogP contribution in [0.25, 0.3) is 0 Å².